The minimum absolute atomic E-state index is 0.0481. The number of amides is 3. The normalized spacial score (nSPS) is 20.1. The van der Waals surface area contributed by atoms with E-state index < -0.39 is 5.54 Å². The van der Waals surface area contributed by atoms with Crippen LogP contribution in [-0.2, 0) is 22.3 Å². The Balaban J connectivity index is 1.93. The SMILES string of the molecule is Cc1cc(C(C)(C)C)cc(C)c1CN1C(=O)N[C@@](C)(c2ccccn2)C1=O. The minimum Gasteiger partial charge on any atom is -0.318 e. The van der Waals surface area contributed by atoms with E-state index in [-0.39, 0.29) is 23.9 Å². The van der Waals surface area contributed by atoms with Crippen LogP contribution in [0.15, 0.2) is 36.5 Å². The van der Waals surface area contributed by atoms with E-state index in [1.165, 1.54) is 10.5 Å². The molecular weight excluding hydrogens is 338 g/mol. The number of aromatic nitrogens is 1. The number of rotatable bonds is 3. The molecule has 5 heteroatoms. The van der Waals surface area contributed by atoms with Crippen molar-refractivity contribution in [3.63, 3.8) is 0 Å². The number of nitrogens with one attached hydrogen (secondary N) is 1. The van der Waals surface area contributed by atoms with E-state index in [9.17, 15) is 9.59 Å². The molecule has 1 saturated heterocycles. The van der Waals surface area contributed by atoms with E-state index in [1.807, 2.05) is 19.9 Å². The highest BCUT2D eigenvalue weighted by atomic mass is 16.2. The van der Waals surface area contributed by atoms with Crippen molar-refractivity contribution in [2.75, 3.05) is 0 Å². The van der Waals surface area contributed by atoms with E-state index in [4.69, 9.17) is 0 Å². The monoisotopic (exact) mass is 365 g/mol. The number of imide groups is 1. The Morgan fingerprint density at radius 1 is 1.11 bits per heavy atom. The standard InChI is InChI=1S/C22H27N3O2/c1-14-11-16(21(3,4)5)12-15(2)17(14)13-25-19(26)22(6,24-20(25)27)18-9-7-8-10-23-18/h7-12H,13H2,1-6H3,(H,24,27)/t22-/m0/s1. The largest absolute Gasteiger partial charge is 0.325 e. The van der Waals surface area contributed by atoms with Crippen LogP contribution in [0.3, 0.4) is 0 Å². The fraction of sp³-hybridized carbons (Fsp3) is 0.409. The summed E-state index contributed by atoms with van der Waals surface area (Å²) < 4.78 is 0. The number of urea groups is 1. The lowest BCUT2D eigenvalue weighted by Gasteiger charge is -2.24. The van der Waals surface area contributed by atoms with Crippen LogP contribution < -0.4 is 5.32 Å². The Morgan fingerprint density at radius 3 is 2.26 bits per heavy atom. The summed E-state index contributed by atoms with van der Waals surface area (Å²) in [4.78, 5) is 31.2. The second-order valence-electron chi connectivity index (χ2n) is 8.50. The van der Waals surface area contributed by atoms with Gasteiger partial charge in [-0.25, -0.2) is 4.79 Å². The first-order chi connectivity index (χ1) is 12.5. The molecule has 1 N–H and O–H groups in total. The lowest BCUT2D eigenvalue weighted by atomic mass is 9.83. The summed E-state index contributed by atoms with van der Waals surface area (Å²) in [6.45, 7) is 12.6. The smallest absolute Gasteiger partial charge is 0.318 e. The zero-order chi connectivity index (χ0) is 20.0. The predicted octanol–water partition coefficient (Wildman–Crippen LogP) is 3.96. The van der Waals surface area contributed by atoms with Crippen LogP contribution in [0.25, 0.3) is 0 Å². The number of hydrogen-bond acceptors (Lipinski definition) is 3. The molecule has 1 aromatic carbocycles. The van der Waals surface area contributed by atoms with Crippen molar-refractivity contribution in [1.82, 2.24) is 15.2 Å². The predicted molar refractivity (Wildman–Crippen MR) is 105 cm³/mol. The van der Waals surface area contributed by atoms with Crippen molar-refractivity contribution in [3.8, 4) is 0 Å². The summed E-state index contributed by atoms with van der Waals surface area (Å²) in [5, 5.41) is 2.82. The van der Waals surface area contributed by atoms with Gasteiger partial charge >= 0.3 is 6.03 Å². The Bertz CT molecular complexity index is 877. The number of carbonyl (C=O) groups excluding carboxylic acids is 2. The molecule has 0 aliphatic carbocycles. The molecule has 0 radical (unpaired) electrons. The van der Waals surface area contributed by atoms with E-state index >= 15 is 0 Å². The summed E-state index contributed by atoms with van der Waals surface area (Å²) in [6.07, 6.45) is 1.63. The Hall–Kier alpha value is -2.69. The number of hydrogen-bond donors (Lipinski definition) is 1. The summed E-state index contributed by atoms with van der Waals surface area (Å²) >= 11 is 0. The van der Waals surface area contributed by atoms with Crippen LogP contribution in [0.1, 0.15) is 55.6 Å². The average molecular weight is 365 g/mol. The second-order valence-corrected chi connectivity index (χ2v) is 8.50. The van der Waals surface area contributed by atoms with Gasteiger partial charge in [0.15, 0.2) is 5.54 Å². The molecule has 1 aromatic heterocycles. The van der Waals surface area contributed by atoms with Gasteiger partial charge in [-0.1, -0.05) is 39.0 Å². The van der Waals surface area contributed by atoms with Crippen LogP contribution in [0.5, 0.6) is 0 Å². The third-order valence-corrected chi connectivity index (χ3v) is 5.33. The van der Waals surface area contributed by atoms with Gasteiger partial charge in [-0.15, -0.1) is 0 Å². The third kappa shape index (κ3) is 3.34. The fourth-order valence-corrected chi connectivity index (χ4v) is 3.51. The van der Waals surface area contributed by atoms with Crippen LogP contribution in [0.4, 0.5) is 4.79 Å². The molecule has 1 aliphatic rings. The Kier molecular flexibility index (Phi) is 4.58. The summed E-state index contributed by atoms with van der Waals surface area (Å²) in [5.41, 5.74) is 3.90. The highest BCUT2D eigenvalue weighted by Gasteiger charge is 2.50. The molecule has 2 aromatic rings. The lowest BCUT2D eigenvalue weighted by molar-refractivity contribution is -0.131. The molecule has 0 spiro atoms. The second kappa shape index (κ2) is 6.48. The van der Waals surface area contributed by atoms with Gasteiger partial charge in [0.1, 0.15) is 0 Å². The van der Waals surface area contributed by atoms with Crippen molar-refractivity contribution < 1.29 is 9.59 Å². The highest BCUT2D eigenvalue weighted by molar-refractivity contribution is 6.06. The van der Waals surface area contributed by atoms with Crippen LogP contribution >= 0.6 is 0 Å². The number of pyridine rings is 1. The first-order valence-electron chi connectivity index (χ1n) is 9.20. The molecule has 1 fully saturated rings. The van der Waals surface area contributed by atoms with Gasteiger partial charge in [0.05, 0.1) is 12.2 Å². The zero-order valence-electron chi connectivity index (χ0n) is 16.9. The van der Waals surface area contributed by atoms with Crippen LogP contribution in [0, 0.1) is 13.8 Å². The van der Waals surface area contributed by atoms with E-state index in [1.54, 1.807) is 25.3 Å². The molecule has 2 heterocycles. The molecule has 1 aliphatic heterocycles. The molecule has 3 rings (SSSR count). The van der Waals surface area contributed by atoms with E-state index in [2.05, 4.69) is 43.2 Å². The third-order valence-electron chi connectivity index (χ3n) is 5.33. The quantitative estimate of drug-likeness (QED) is 0.838. The highest BCUT2D eigenvalue weighted by Crippen LogP contribution is 2.31. The molecule has 27 heavy (non-hydrogen) atoms. The summed E-state index contributed by atoms with van der Waals surface area (Å²) in [5.74, 6) is -0.273. The summed E-state index contributed by atoms with van der Waals surface area (Å²) in [7, 11) is 0. The number of carbonyl (C=O) groups is 2. The lowest BCUT2D eigenvalue weighted by Crippen LogP contribution is -2.41. The van der Waals surface area contributed by atoms with Gasteiger partial charge in [0.25, 0.3) is 5.91 Å². The fourth-order valence-electron chi connectivity index (χ4n) is 3.51. The number of nitrogens with zero attached hydrogens (tertiary/aromatic N) is 2. The van der Waals surface area contributed by atoms with Crippen molar-refractivity contribution >= 4 is 11.9 Å². The number of aryl methyl sites for hydroxylation is 2. The average Bonchev–Trinajstić information content (AvgIpc) is 2.81. The van der Waals surface area contributed by atoms with Gasteiger partial charge in [-0.05, 0) is 60.6 Å². The maximum Gasteiger partial charge on any atom is 0.325 e. The molecule has 3 amide bonds. The Morgan fingerprint density at radius 2 is 1.74 bits per heavy atom. The van der Waals surface area contributed by atoms with Gasteiger partial charge < -0.3 is 5.32 Å². The van der Waals surface area contributed by atoms with Crippen LogP contribution in [0.2, 0.25) is 0 Å². The zero-order valence-corrected chi connectivity index (χ0v) is 16.9. The molecule has 0 unspecified atom stereocenters. The van der Waals surface area contributed by atoms with Crippen molar-refractivity contribution in [2.24, 2.45) is 0 Å². The first kappa shape index (κ1) is 19.1. The van der Waals surface area contributed by atoms with Gasteiger partial charge in [0, 0.05) is 6.20 Å². The van der Waals surface area contributed by atoms with Crippen molar-refractivity contribution in [3.05, 3.63) is 64.5 Å². The van der Waals surface area contributed by atoms with Crippen molar-refractivity contribution in [2.45, 2.75) is 59.0 Å². The molecule has 0 bridgehead atoms. The molecular formula is C22H27N3O2. The van der Waals surface area contributed by atoms with Gasteiger partial charge in [0.2, 0.25) is 0 Å². The number of benzene rings is 1. The van der Waals surface area contributed by atoms with Gasteiger partial charge in [-0.2, -0.15) is 0 Å². The first-order valence-corrected chi connectivity index (χ1v) is 9.20. The maximum absolute atomic E-state index is 13.1. The van der Waals surface area contributed by atoms with Gasteiger partial charge in [-0.3, -0.25) is 14.7 Å². The minimum atomic E-state index is -1.13. The molecule has 0 saturated carbocycles. The molecule has 142 valence electrons. The van der Waals surface area contributed by atoms with E-state index in [0.29, 0.717) is 5.69 Å². The Labute approximate surface area is 160 Å². The molecule has 5 nitrogen and oxygen atoms in total. The maximum atomic E-state index is 13.1. The van der Waals surface area contributed by atoms with Crippen molar-refractivity contribution in [1.29, 1.82) is 0 Å². The van der Waals surface area contributed by atoms with Crippen LogP contribution in [-0.4, -0.2) is 21.8 Å². The molecule has 1 atom stereocenters. The van der Waals surface area contributed by atoms with E-state index in [0.717, 1.165) is 16.7 Å². The summed E-state index contributed by atoms with van der Waals surface area (Å²) in [6, 6.07) is 9.28. The topological polar surface area (TPSA) is 62.3 Å².